The molecule has 12 heavy (non-hydrogen) atoms. The molecule has 0 amide bonds. The van der Waals surface area contributed by atoms with E-state index in [1.807, 2.05) is 4.67 Å². The van der Waals surface area contributed by atoms with Gasteiger partial charge in [0.25, 0.3) is 0 Å². The second kappa shape index (κ2) is 3.97. The Balaban J connectivity index is 2.56. The van der Waals surface area contributed by atoms with Gasteiger partial charge in [0.05, 0.1) is 13.7 Å². The van der Waals surface area contributed by atoms with Gasteiger partial charge in [-0.25, -0.2) is 0 Å². The molecule has 0 aliphatic carbocycles. The van der Waals surface area contributed by atoms with Crippen LogP contribution < -0.4 is 0 Å². The Morgan fingerprint density at radius 2 is 2.42 bits per heavy atom. The average Bonchev–Trinajstić information content (AvgIpc) is 2.03. The van der Waals surface area contributed by atoms with E-state index in [0.29, 0.717) is 13.0 Å². The maximum Gasteiger partial charge on any atom is 0.316 e. The number of nitrogens with zero attached hydrogens (tertiary/aromatic N) is 1. The van der Waals surface area contributed by atoms with Crippen molar-refractivity contribution in [1.29, 1.82) is 0 Å². The lowest BCUT2D eigenvalue weighted by molar-refractivity contribution is -0.150. The Morgan fingerprint density at radius 3 is 2.92 bits per heavy atom. The third-order valence-corrected chi connectivity index (χ3v) is 2.38. The van der Waals surface area contributed by atoms with Crippen LogP contribution in [0.25, 0.3) is 0 Å². The van der Waals surface area contributed by atoms with Crippen molar-refractivity contribution in [2.75, 3.05) is 20.2 Å². The largest absolute Gasteiger partial charge is 0.468 e. The van der Waals surface area contributed by atoms with Crippen molar-refractivity contribution < 1.29 is 14.3 Å². The van der Waals surface area contributed by atoms with Crippen LogP contribution in [0.15, 0.2) is 0 Å². The molecule has 1 aliphatic heterocycles. The number of hydrogen-bond acceptors (Lipinski definition) is 4. The highest BCUT2D eigenvalue weighted by Crippen LogP contribution is 2.17. The molecule has 1 fully saturated rings. The molecular weight excluding hydrogens is 177 g/mol. The molecular formula is C7H12NO3P. The molecule has 68 valence electrons. The highest BCUT2D eigenvalue weighted by Gasteiger charge is 2.31. The van der Waals surface area contributed by atoms with Gasteiger partial charge < -0.3 is 4.74 Å². The molecule has 1 rings (SSSR count). The van der Waals surface area contributed by atoms with Crippen LogP contribution in [-0.4, -0.2) is 36.6 Å². The molecule has 5 heteroatoms. The van der Waals surface area contributed by atoms with E-state index < -0.39 is 11.9 Å². The van der Waals surface area contributed by atoms with Crippen molar-refractivity contribution in [1.82, 2.24) is 4.67 Å². The van der Waals surface area contributed by atoms with E-state index in [4.69, 9.17) is 0 Å². The molecule has 1 aliphatic rings. The average molecular weight is 189 g/mol. The second-order valence-corrected chi connectivity index (χ2v) is 3.53. The molecule has 0 saturated carbocycles. The van der Waals surface area contributed by atoms with E-state index in [2.05, 4.69) is 14.1 Å². The molecule has 0 spiro atoms. The summed E-state index contributed by atoms with van der Waals surface area (Å²) in [6.45, 7) is 1.07. The Labute approximate surface area is 73.5 Å². The van der Waals surface area contributed by atoms with Crippen LogP contribution in [0.4, 0.5) is 0 Å². The number of ether oxygens (including phenoxy) is 1. The topological polar surface area (TPSA) is 46.6 Å². The third kappa shape index (κ3) is 2.02. The number of hydrogen-bond donors (Lipinski definition) is 0. The van der Waals surface area contributed by atoms with Gasteiger partial charge in [0, 0.05) is 6.54 Å². The SMILES string of the molecule is COC(=O)C1CCN(P)CC1=O. The van der Waals surface area contributed by atoms with E-state index >= 15 is 0 Å². The van der Waals surface area contributed by atoms with Crippen molar-refractivity contribution in [2.45, 2.75) is 6.42 Å². The van der Waals surface area contributed by atoms with E-state index in [-0.39, 0.29) is 5.78 Å². The van der Waals surface area contributed by atoms with Gasteiger partial charge in [-0.05, 0) is 6.42 Å². The van der Waals surface area contributed by atoms with Crippen molar-refractivity contribution >= 4 is 21.1 Å². The zero-order valence-electron chi connectivity index (χ0n) is 6.95. The van der Waals surface area contributed by atoms with Crippen molar-refractivity contribution in [3.05, 3.63) is 0 Å². The summed E-state index contributed by atoms with van der Waals surface area (Å²) in [7, 11) is 3.76. The monoisotopic (exact) mass is 189 g/mol. The van der Waals surface area contributed by atoms with Gasteiger partial charge in [0.15, 0.2) is 5.78 Å². The molecule has 4 nitrogen and oxygen atoms in total. The number of piperidine rings is 1. The number of ketones is 1. The van der Waals surface area contributed by atoms with Crippen LogP contribution in [0, 0.1) is 5.92 Å². The Bertz CT molecular complexity index is 207. The zero-order valence-corrected chi connectivity index (χ0v) is 8.10. The van der Waals surface area contributed by atoms with Crippen LogP contribution >= 0.6 is 9.39 Å². The van der Waals surface area contributed by atoms with Gasteiger partial charge in [-0.3, -0.25) is 14.3 Å². The summed E-state index contributed by atoms with van der Waals surface area (Å²) in [5.41, 5.74) is 0. The first-order valence-electron chi connectivity index (χ1n) is 3.75. The van der Waals surface area contributed by atoms with E-state index in [1.54, 1.807) is 0 Å². The lowest BCUT2D eigenvalue weighted by Crippen LogP contribution is -2.39. The summed E-state index contributed by atoms with van der Waals surface area (Å²) in [6, 6.07) is 0. The predicted octanol–water partition coefficient (Wildman–Crippen LogP) is -0.160. The minimum Gasteiger partial charge on any atom is -0.468 e. The van der Waals surface area contributed by atoms with Crippen LogP contribution in [0.2, 0.25) is 0 Å². The summed E-state index contributed by atoms with van der Waals surface area (Å²) in [6.07, 6.45) is 0.564. The van der Waals surface area contributed by atoms with Crippen LogP contribution in [0.5, 0.6) is 0 Å². The van der Waals surface area contributed by atoms with Crippen molar-refractivity contribution in [2.24, 2.45) is 5.92 Å². The van der Waals surface area contributed by atoms with Crippen molar-refractivity contribution in [3.8, 4) is 0 Å². The summed E-state index contributed by atoms with van der Waals surface area (Å²) >= 11 is 0. The molecule has 0 N–H and O–H groups in total. The number of rotatable bonds is 1. The summed E-state index contributed by atoms with van der Waals surface area (Å²) in [4.78, 5) is 22.3. The summed E-state index contributed by atoms with van der Waals surface area (Å²) in [5.74, 6) is -0.993. The highest BCUT2D eigenvalue weighted by atomic mass is 31.0. The fourth-order valence-corrected chi connectivity index (χ4v) is 1.57. The Hall–Kier alpha value is -0.470. The predicted molar refractivity (Wildman–Crippen MR) is 46.4 cm³/mol. The number of esters is 1. The lowest BCUT2D eigenvalue weighted by Gasteiger charge is -2.25. The van der Waals surface area contributed by atoms with Crippen LogP contribution in [0.1, 0.15) is 6.42 Å². The number of methoxy groups -OCH3 is 1. The summed E-state index contributed by atoms with van der Waals surface area (Å²) < 4.78 is 6.33. The first-order chi connectivity index (χ1) is 5.65. The molecule has 2 unspecified atom stereocenters. The minimum atomic E-state index is -0.535. The summed E-state index contributed by atoms with van der Waals surface area (Å²) in [5, 5.41) is 0. The maximum absolute atomic E-state index is 11.2. The van der Waals surface area contributed by atoms with Gasteiger partial charge in [0.2, 0.25) is 0 Å². The third-order valence-electron chi connectivity index (χ3n) is 1.94. The smallest absolute Gasteiger partial charge is 0.316 e. The molecule has 0 aromatic heterocycles. The molecule has 1 heterocycles. The molecule has 2 atom stereocenters. The number of Topliss-reactive ketones (excluding diaryl/α,β-unsaturated/α-hetero) is 1. The molecule has 0 aromatic rings. The van der Waals surface area contributed by atoms with Gasteiger partial charge >= 0.3 is 5.97 Å². The van der Waals surface area contributed by atoms with Gasteiger partial charge in [0.1, 0.15) is 5.92 Å². The maximum atomic E-state index is 11.2. The van der Waals surface area contributed by atoms with E-state index in [0.717, 1.165) is 6.54 Å². The fraction of sp³-hybridized carbons (Fsp3) is 0.714. The van der Waals surface area contributed by atoms with Gasteiger partial charge in [-0.15, -0.1) is 0 Å². The van der Waals surface area contributed by atoms with E-state index in [9.17, 15) is 9.59 Å². The van der Waals surface area contributed by atoms with Gasteiger partial charge in [-0.2, -0.15) is 0 Å². The Morgan fingerprint density at radius 1 is 1.75 bits per heavy atom. The second-order valence-electron chi connectivity index (χ2n) is 2.80. The first-order valence-corrected chi connectivity index (χ1v) is 4.27. The quantitative estimate of drug-likeness (QED) is 0.326. The molecule has 1 saturated heterocycles. The zero-order chi connectivity index (χ0) is 9.14. The van der Waals surface area contributed by atoms with Crippen LogP contribution in [-0.2, 0) is 14.3 Å². The van der Waals surface area contributed by atoms with E-state index in [1.165, 1.54) is 7.11 Å². The number of carbonyl (C=O) groups is 2. The molecule has 0 bridgehead atoms. The molecule has 0 radical (unpaired) electrons. The lowest BCUT2D eigenvalue weighted by atomic mass is 9.97. The van der Waals surface area contributed by atoms with Gasteiger partial charge in [-0.1, -0.05) is 9.39 Å². The highest BCUT2D eigenvalue weighted by molar-refractivity contribution is 7.13. The minimum absolute atomic E-state index is 0.0527. The normalized spacial score (nSPS) is 25.5. The van der Waals surface area contributed by atoms with Crippen LogP contribution in [0.3, 0.4) is 0 Å². The fourth-order valence-electron chi connectivity index (χ4n) is 1.24. The Kier molecular flexibility index (Phi) is 3.18. The first kappa shape index (κ1) is 9.62. The molecule has 0 aromatic carbocycles. The standard InChI is InChI=1S/C7H12NO3P/c1-11-7(10)5-2-3-8(12)4-6(5)9/h5H,2-4,12H2,1H3. The van der Waals surface area contributed by atoms with Crippen molar-refractivity contribution in [3.63, 3.8) is 0 Å². The number of carbonyl (C=O) groups excluding carboxylic acids is 2.